The molecule has 0 radical (unpaired) electrons. The number of nitrogens with one attached hydrogen (secondary N) is 2. The van der Waals surface area contributed by atoms with E-state index < -0.39 is 0 Å². The van der Waals surface area contributed by atoms with Gasteiger partial charge < -0.3 is 15.4 Å². The summed E-state index contributed by atoms with van der Waals surface area (Å²) < 4.78 is 5.08. The summed E-state index contributed by atoms with van der Waals surface area (Å²) in [6, 6.07) is 0. The van der Waals surface area contributed by atoms with Crippen LogP contribution in [0.2, 0.25) is 0 Å². The topological polar surface area (TPSA) is 33.3 Å². The van der Waals surface area contributed by atoms with Crippen molar-refractivity contribution in [3.8, 4) is 0 Å². The summed E-state index contributed by atoms with van der Waals surface area (Å²) in [6.07, 6.45) is 2.30. The van der Waals surface area contributed by atoms with Crippen LogP contribution in [0.15, 0.2) is 0 Å². The van der Waals surface area contributed by atoms with Crippen molar-refractivity contribution in [2.45, 2.75) is 26.7 Å². The SMILES string of the molecule is CNCCCNCC(C)(C)CCOC. The average molecular weight is 202 g/mol. The van der Waals surface area contributed by atoms with Crippen LogP contribution in [0, 0.1) is 5.41 Å². The lowest BCUT2D eigenvalue weighted by atomic mass is 9.90. The number of ether oxygens (including phenoxy) is 1. The molecule has 0 aliphatic carbocycles. The molecule has 0 bridgehead atoms. The molecule has 0 saturated carbocycles. The van der Waals surface area contributed by atoms with E-state index >= 15 is 0 Å². The summed E-state index contributed by atoms with van der Waals surface area (Å²) in [6.45, 7) is 8.65. The minimum atomic E-state index is 0.343. The van der Waals surface area contributed by atoms with Crippen molar-refractivity contribution >= 4 is 0 Å². The van der Waals surface area contributed by atoms with Crippen molar-refractivity contribution in [1.82, 2.24) is 10.6 Å². The molecule has 0 fully saturated rings. The molecular weight excluding hydrogens is 176 g/mol. The molecule has 0 unspecified atom stereocenters. The summed E-state index contributed by atoms with van der Waals surface area (Å²) in [7, 11) is 3.75. The van der Waals surface area contributed by atoms with E-state index in [0.29, 0.717) is 5.41 Å². The molecule has 3 heteroatoms. The molecule has 0 saturated heterocycles. The molecule has 0 aromatic carbocycles. The predicted octanol–water partition coefficient (Wildman–Crippen LogP) is 1.25. The van der Waals surface area contributed by atoms with Gasteiger partial charge in [0.05, 0.1) is 0 Å². The quantitative estimate of drug-likeness (QED) is 0.552. The highest BCUT2D eigenvalue weighted by molar-refractivity contribution is 4.71. The summed E-state index contributed by atoms with van der Waals surface area (Å²) in [5, 5.41) is 6.61. The molecule has 0 aromatic heterocycles. The molecule has 0 aromatic rings. The molecule has 3 nitrogen and oxygen atoms in total. The van der Waals surface area contributed by atoms with Gasteiger partial charge in [-0.25, -0.2) is 0 Å². The molecule has 0 amide bonds. The van der Waals surface area contributed by atoms with Crippen molar-refractivity contribution in [2.24, 2.45) is 5.41 Å². The Morgan fingerprint density at radius 3 is 2.50 bits per heavy atom. The molecule has 0 atom stereocenters. The fraction of sp³-hybridized carbons (Fsp3) is 1.00. The second-order valence-corrected chi connectivity index (χ2v) is 4.54. The van der Waals surface area contributed by atoms with E-state index in [1.54, 1.807) is 7.11 Å². The van der Waals surface area contributed by atoms with E-state index in [2.05, 4.69) is 24.5 Å². The molecule has 0 rings (SSSR count). The highest BCUT2D eigenvalue weighted by atomic mass is 16.5. The Kier molecular flexibility index (Phi) is 8.14. The van der Waals surface area contributed by atoms with Crippen LogP contribution in [-0.2, 0) is 4.74 Å². The van der Waals surface area contributed by atoms with Crippen molar-refractivity contribution in [3.63, 3.8) is 0 Å². The first-order valence-corrected chi connectivity index (χ1v) is 5.46. The van der Waals surface area contributed by atoms with Gasteiger partial charge in [0.1, 0.15) is 0 Å². The zero-order valence-electron chi connectivity index (χ0n) is 10.2. The van der Waals surface area contributed by atoms with Crippen LogP contribution in [0.25, 0.3) is 0 Å². The van der Waals surface area contributed by atoms with E-state index in [9.17, 15) is 0 Å². The van der Waals surface area contributed by atoms with Gasteiger partial charge in [-0.2, -0.15) is 0 Å². The van der Waals surface area contributed by atoms with Crippen molar-refractivity contribution in [2.75, 3.05) is 40.4 Å². The Bertz CT molecular complexity index is 126. The highest BCUT2D eigenvalue weighted by Gasteiger charge is 2.16. The number of rotatable bonds is 9. The van der Waals surface area contributed by atoms with E-state index in [4.69, 9.17) is 4.74 Å². The maximum atomic E-state index is 5.08. The molecular formula is C11H26N2O. The average Bonchev–Trinajstić information content (AvgIpc) is 2.15. The number of hydrogen-bond donors (Lipinski definition) is 2. The fourth-order valence-corrected chi connectivity index (χ4v) is 1.28. The summed E-state index contributed by atoms with van der Waals surface area (Å²) in [5.74, 6) is 0. The first kappa shape index (κ1) is 13.9. The monoisotopic (exact) mass is 202 g/mol. The Hall–Kier alpha value is -0.120. The number of methoxy groups -OCH3 is 1. The summed E-state index contributed by atoms with van der Waals surface area (Å²) in [5.41, 5.74) is 0.343. The van der Waals surface area contributed by atoms with E-state index in [0.717, 1.165) is 32.7 Å². The van der Waals surface area contributed by atoms with Gasteiger partial charge in [0.2, 0.25) is 0 Å². The van der Waals surface area contributed by atoms with Crippen LogP contribution in [0.3, 0.4) is 0 Å². The van der Waals surface area contributed by atoms with Crippen molar-refractivity contribution in [3.05, 3.63) is 0 Å². The van der Waals surface area contributed by atoms with Gasteiger partial charge in [-0.1, -0.05) is 13.8 Å². The third-order valence-corrected chi connectivity index (χ3v) is 2.37. The maximum absolute atomic E-state index is 5.08. The fourth-order valence-electron chi connectivity index (χ4n) is 1.28. The maximum Gasteiger partial charge on any atom is 0.0467 e. The predicted molar refractivity (Wildman–Crippen MR) is 61.7 cm³/mol. The standard InChI is InChI=1S/C11H26N2O/c1-11(2,6-9-14-4)10-13-8-5-7-12-3/h12-13H,5-10H2,1-4H3. The van der Waals surface area contributed by atoms with Crippen LogP contribution in [0.4, 0.5) is 0 Å². The lowest BCUT2D eigenvalue weighted by Gasteiger charge is -2.24. The van der Waals surface area contributed by atoms with Gasteiger partial charge in [-0.15, -0.1) is 0 Å². The second kappa shape index (κ2) is 8.21. The summed E-state index contributed by atoms with van der Waals surface area (Å²) >= 11 is 0. The Morgan fingerprint density at radius 1 is 1.21 bits per heavy atom. The van der Waals surface area contributed by atoms with Gasteiger partial charge in [0, 0.05) is 20.3 Å². The molecule has 2 N–H and O–H groups in total. The van der Waals surface area contributed by atoms with E-state index in [1.807, 2.05) is 7.05 Å². The Morgan fingerprint density at radius 2 is 1.93 bits per heavy atom. The largest absolute Gasteiger partial charge is 0.385 e. The minimum absolute atomic E-state index is 0.343. The summed E-state index contributed by atoms with van der Waals surface area (Å²) in [4.78, 5) is 0. The van der Waals surface area contributed by atoms with Crippen molar-refractivity contribution in [1.29, 1.82) is 0 Å². The highest BCUT2D eigenvalue weighted by Crippen LogP contribution is 2.18. The van der Waals surface area contributed by atoms with Gasteiger partial charge >= 0.3 is 0 Å². The van der Waals surface area contributed by atoms with Crippen LogP contribution in [0.1, 0.15) is 26.7 Å². The lowest BCUT2D eigenvalue weighted by Crippen LogP contribution is -2.31. The van der Waals surface area contributed by atoms with Gasteiger partial charge in [0.25, 0.3) is 0 Å². The Labute approximate surface area is 88.6 Å². The van der Waals surface area contributed by atoms with Gasteiger partial charge in [0.15, 0.2) is 0 Å². The third-order valence-electron chi connectivity index (χ3n) is 2.37. The Balaban J connectivity index is 3.35. The van der Waals surface area contributed by atoms with Crippen LogP contribution < -0.4 is 10.6 Å². The van der Waals surface area contributed by atoms with E-state index in [-0.39, 0.29) is 0 Å². The van der Waals surface area contributed by atoms with Crippen LogP contribution in [0.5, 0.6) is 0 Å². The molecule has 0 spiro atoms. The first-order valence-electron chi connectivity index (χ1n) is 5.46. The van der Waals surface area contributed by atoms with Crippen molar-refractivity contribution < 1.29 is 4.74 Å². The lowest BCUT2D eigenvalue weighted by molar-refractivity contribution is 0.151. The van der Waals surface area contributed by atoms with Crippen LogP contribution in [-0.4, -0.2) is 40.4 Å². The molecule has 86 valence electrons. The molecule has 14 heavy (non-hydrogen) atoms. The van der Waals surface area contributed by atoms with Gasteiger partial charge in [-0.3, -0.25) is 0 Å². The normalized spacial score (nSPS) is 12.0. The zero-order valence-corrected chi connectivity index (χ0v) is 10.2. The first-order chi connectivity index (χ1) is 6.62. The smallest absolute Gasteiger partial charge is 0.0467 e. The molecule has 0 aliphatic heterocycles. The molecule has 0 heterocycles. The molecule has 0 aliphatic rings. The zero-order chi connectivity index (χ0) is 10.9. The minimum Gasteiger partial charge on any atom is -0.385 e. The number of hydrogen-bond acceptors (Lipinski definition) is 3. The third kappa shape index (κ3) is 8.48. The van der Waals surface area contributed by atoms with Crippen LogP contribution >= 0.6 is 0 Å². The van der Waals surface area contributed by atoms with Gasteiger partial charge in [-0.05, 0) is 38.4 Å². The second-order valence-electron chi connectivity index (χ2n) is 4.54. The van der Waals surface area contributed by atoms with E-state index in [1.165, 1.54) is 6.42 Å².